The lowest BCUT2D eigenvalue weighted by molar-refractivity contribution is -0.0779. The van der Waals surface area contributed by atoms with Crippen LogP contribution in [-0.4, -0.2) is 54.7 Å². The predicted octanol–water partition coefficient (Wildman–Crippen LogP) is 1.66. The van der Waals surface area contributed by atoms with Gasteiger partial charge in [0, 0.05) is 35.6 Å². The molecule has 3 aromatic rings. The zero-order valence-electron chi connectivity index (χ0n) is 19.6. The fraction of sp³-hybridized carbons (Fsp3) is 0.545. The molecular weight excluding hydrogens is 446 g/mol. The van der Waals surface area contributed by atoms with E-state index in [4.69, 9.17) is 4.84 Å². The number of thiophene rings is 1. The fourth-order valence-electron chi connectivity index (χ4n) is 4.46. The first-order valence-electron chi connectivity index (χ1n) is 10.9. The van der Waals surface area contributed by atoms with Crippen LogP contribution in [0.3, 0.4) is 0 Å². The molecule has 0 spiro atoms. The summed E-state index contributed by atoms with van der Waals surface area (Å²) >= 11 is 1.28. The summed E-state index contributed by atoms with van der Waals surface area (Å²) in [5, 5.41) is 18.5. The molecule has 11 heteroatoms. The van der Waals surface area contributed by atoms with Gasteiger partial charge in [0.25, 0.3) is 11.5 Å². The van der Waals surface area contributed by atoms with Crippen molar-refractivity contribution in [2.75, 3.05) is 13.2 Å². The van der Waals surface area contributed by atoms with E-state index in [0.717, 1.165) is 26.6 Å². The molecule has 1 aliphatic rings. The third-order valence-corrected chi connectivity index (χ3v) is 7.39. The van der Waals surface area contributed by atoms with Gasteiger partial charge in [-0.1, -0.05) is 20.8 Å². The molecule has 4 heterocycles. The maximum absolute atomic E-state index is 13.7. The van der Waals surface area contributed by atoms with Crippen LogP contribution in [-0.2, 0) is 18.4 Å². The molecule has 178 valence electrons. The van der Waals surface area contributed by atoms with E-state index in [-0.39, 0.29) is 35.9 Å². The van der Waals surface area contributed by atoms with Crippen LogP contribution in [0.1, 0.15) is 58.9 Å². The highest BCUT2D eigenvalue weighted by Crippen LogP contribution is 2.40. The second-order valence-electron chi connectivity index (χ2n) is 9.06. The van der Waals surface area contributed by atoms with Crippen LogP contribution in [0.4, 0.5) is 0 Å². The topological polar surface area (TPSA) is 122 Å². The highest BCUT2D eigenvalue weighted by molar-refractivity contribution is 7.19. The number of carbonyl (C=O) groups excluding carboxylic acids is 1. The van der Waals surface area contributed by atoms with Gasteiger partial charge in [-0.2, -0.15) is 5.10 Å². The third kappa shape index (κ3) is 3.83. The van der Waals surface area contributed by atoms with E-state index >= 15 is 0 Å². The second kappa shape index (κ2) is 8.54. The van der Waals surface area contributed by atoms with Crippen LogP contribution in [0, 0.1) is 19.8 Å². The average Bonchev–Trinajstić information content (AvgIpc) is 3.45. The molecule has 1 aliphatic heterocycles. The quantitative estimate of drug-likeness (QED) is 0.579. The molecule has 0 radical (unpaired) electrons. The molecule has 2 N–H and O–H groups in total. The van der Waals surface area contributed by atoms with Crippen molar-refractivity contribution < 1.29 is 14.7 Å². The van der Waals surface area contributed by atoms with E-state index < -0.39 is 23.3 Å². The van der Waals surface area contributed by atoms with Crippen LogP contribution in [0.15, 0.2) is 9.59 Å². The van der Waals surface area contributed by atoms with Crippen LogP contribution in [0.5, 0.6) is 0 Å². The van der Waals surface area contributed by atoms with Gasteiger partial charge in [0.2, 0.25) is 0 Å². The molecule has 10 nitrogen and oxygen atoms in total. The van der Waals surface area contributed by atoms with Crippen molar-refractivity contribution in [3.05, 3.63) is 48.2 Å². The Bertz CT molecular complexity index is 1330. The maximum Gasteiger partial charge on any atom is 0.331 e. The summed E-state index contributed by atoms with van der Waals surface area (Å²) in [7, 11) is 1.43. The Morgan fingerprint density at radius 1 is 1.30 bits per heavy atom. The normalized spacial score (nSPS) is 17.5. The lowest BCUT2D eigenvalue weighted by Gasteiger charge is -2.17. The Morgan fingerprint density at radius 3 is 2.55 bits per heavy atom. The van der Waals surface area contributed by atoms with Crippen molar-refractivity contribution >= 4 is 27.5 Å². The van der Waals surface area contributed by atoms with Gasteiger partial charge in [-0.15, -0.1) is 11.3 Å². The molecule has 0 aliphatic carbocycles. The number of hydroxylamine groups is 2. The number of aliphatic hydroxyl groups excluding tert-OH is 1. The number of β-amino-alcohol motifs (C(OH)–C–C–N with tert-alkyl or cyclic N) is 1. The first kappa shape index (κ1) is 23.4. The minimum Gasteiger partial charge on any atom is -0.389 e. The van der Waals surface area contributed by atoms with Crippen molar-refractivity contribution in [2.24, 2.45) is 13.0 Å². The number of aromatic nitrogens is 4. The predicted molar refractivity (Wildman–Crippen MR) is 125 cm³/mol. The summed E-state index contributed by atoms with van der Waals surface area (Å²) in [6.07, 6.45) is -0.792. The SMILES string of the molecule is Cc1n[nH]c(C)c1C(C)c1sc2c(c1C(=O)N1CC(O)CO1)c(=O)n(C)c(=O)n2CC(C)C. The van der Waals surface area contributed by atoms with E-state index in [1.807, 2.05) is 34.6 Å². The minimum atomic E-state index is -0.792. The van der Waals surface area contributed by atoms with Crippen molar-refractivity contribution in [2.45, 2.75) is 53.2 Å². The molecule has 0 saturated carbocycles. The number of aryl methyl sites for hydroxylation is 2. The van der Waals surface area contributed by atoms with Crippen LogP contribution in [0.2, 0.25) is 0 Å². The molecule has 33 heavy (non-hydrogen) atoms. The Labute approximate surface area is 194 Å². The summed E-state index contributed by atoms with van der Waals surface area (Å²) in [6.45, 7) is 10.2. The van der Waals surface area contributed by atoms with Gasteiger partial charge in [0.15, 0.2) is 0 Å². The number of aromatic amines is 1. The lowest BCUT2D eigenvalue weighted by atomic mass is 9.94. The lowest BCUT2D eigenvalue weighted by Crippen LogP contribution is -2.39. The van der Waals surface area contributed by atoms with Gasteiger partial charge in [-0.05, 0) is 19.8 Å². The first-order chi connectivity index (χ1) is 15.5. The summed E-state index contributed by atoms with van der Waals surface area (Å²) in [5.41, 5.74) is 1.90. The molecule has 0 aromatic carbocycles. The number of carbonyl (C=O) groups is 1. The third-order valence-electron chi connectivity index (χ3n) is 6.00. The average molecular weight is 476 g/mol. The number of nitrogens with one attached hydrogen (secondary N) is 1. The summed E-state index contributed by atoms with van der Waals surface area (Å²) < 4.78 is 2.63. The zero-order chi connectivity index (χ0) is 24.2. The molecule has 1 fully saturated rings. The van der Waals surface area contributed by atoms with Crippen molar-refractivity contribution in [1.82, 2.24) is 24.4 Å². The van der Waals surface area contributed by atoms with Gasteiger partial charge in [-0.25, -0.2) is 9.86 Å². The van der Waals surface area contributed by atoms with Crippen molar-refractivity contribution in [3.8, 4) is 0 Å². The standard InChI is InChI=1S/C22H29N5O5S/c1-10(2)7-26-21-17(19(29)25(6)22(26)31)16(20(30)27-8-14(28)9-32-27)18(33-21)11(3)15-12(4)23-24-13(15)5/h10-11,14,28H,7-9H2,1-6H3,(H,23,24). The van der Waals surface area contributed by atoms with Crippen molar-refractivity contribution in [3.63, 3.8) is 0 Å². The van der Waals surface area contributed by atoms with Crippen LogP contribution >= 0.6 is 11.3 Å². The summed E-state index contributed by atoms with van der Waals surface area (Å²) in [4.78, 5) is 46.5. The van der Waals surface area contributed by atoms with Gasteiger partial charge in [0.1, 0.15) is 17.5 Å². The second-order valence-corrected chi connectivity index (χ2v) is 10.1. The number of fused-ring (bicyclic) bond motifs is 1. The molecule has 4 rings (SSSR count). The number of aliphatic hydroxyl groups is 1. The molecule has 2 unspecified atom stereocenters. The Balaban J connectivity index is 2.06. The number of amides is 1. The number of H-pyrrole nitrogens is 1. The van der Waals surface area contributed by atoms with Crippen LogP contribution in [0.25, 0.3) is 10.2 Å². The molecule has 2 atom stereocenters. The van der Waals surface area contributed by atoms with E-state index in [0.29, 0.717) is 16.3 Å². The molecular formula is C22H29N5O5S. The van der Waals surface area contributed by atoms with Gasteiger partial charge in [0.05, 0.1) is 23.2 Å². The van der Waals surface area contributed by atoms with E-state index in [1.54, 1.807) is 4.57 Å². The van der Waals surface area contributed by atoms with Gasteiger partial charge < -0.3 is 5.11 Å². The first-order valence-corrected chi connectivity index (χ1v) is 11.7. The Morgan fingerprint density at radius 2 is 2.00 bits per heavy atom. The number of hydrogen-bond acceptors (Lipinski definition) is 7. The monoisotopic (exact) mass is 475 g/mol. The van der Waals surface area contributed by atoms with Gasteiger partial charge in [-0.3, -0.25) is 28.7 Å². The summed E-state index contributed by atoms with van der Waals surface area (Å²) in [5.74, 6) is -0.605. The van der Waals surface area contributed by atoms with Crippen LogP contribution < -0.4 is 11.2 Å². The van der Waals surface area contributed by atoms with Crippen molar-refractivity contribution in [1.29, 1.82) is 0 Å². The highest BCUT2D eigenvalue weighted by atomic mass is 32.1. The highest BCUT2D eigenvalue weighted by Gasteiger charge is 2.35. The van der Waals surface area contributed by atoms with E-state index in [2.05, 4.69) is 10.2 Å². The Kier molecular flexibility index (Phi) is 6.06. The maximum atomic E-state index is 13.7. The zero-order valence-corrected chi connectivity index (χ0v) is 20.4. The van der Waals surface area contributed by atoms with E-state index in [9.17, 15) is 19.5 Å². The number of hydrogen-bond donors (Lipinski definition) is 2. The number of nitrogens with zero attached hydrogens (tertiary/aromatic N) is 4. The fourth-order valence-corrected chi connectivity index (χ4v) is 5.81. The molecule has 3 aromatic heterocycles. The Hall–Kier alpha value is -2.76. The van der Waals surface area contributed by atoms with E-state index in [1.165, 1.54) is 18.4 Å². The summed E-state index contributed by atoms with van der Waals surface area (Å²) in [6, 6.07) is 0. The molecule has 0 bridgehead atoms. The minimum absolute atomic E-state index is 0.00864. The largest absolute Gasteiger partial charge is 0.389 e. The van der Waals surface area contributed by atoms with Gasteiger partial charge >= 0.3 is 5.69 Å². The molecule has 1 amide bonds. The molecule has 1 saturated heterocycles. The smallest absolute Gasteiger partial charge is 0.331 e. The number of rotatable bonds is 5.